The summed E-state index contributed by atoms with van der Waals surface area (Å²) in [5, 5.41) is 12.2. The average molecular weight is 263 g/mol. The second-order valence-corrected chi connectivity index (χ2v) is 4.25. The van der Waals surface area contributed by atoms with E-state index in [1.54, 1.807) is 18.3 Å². The first kappa shape index (κ1) is 12.4. The minimum absolute atomic E-state index is 0.0637. The Morgan fingerprint density at radius 3 is 2.72 bits per heavy atom. The van der Waals surface area contributed by atoms with Gasteiger partial charge in [-0.05, 0) is 36.8 Å². The molecule has 18 heavy (non-hydrogen) atoms. The quantitative estimate of drug-likeness (QED) is 0.889. The number of aromatic nitrogens is 1. The van der Waals surface area contributed by atoms with Gasteiger partial charge in [-0.25, -0.2) is 9.78 Å². The van der Waals surface area contributed by atoms with E-state index < -0.39 is 5.97 Å². The maximum absolute atomic E-state index is 10.9. The Morgan fingerprint density at radius 1 is 1.33 bits per heavy atom. The van der Waals surface area contributed by atoms with Gasteiger partial charge >= 0.3 is 5.97 Å². The number of hydrogen-bond donors (Lipinski definition) is 2. The van der Waals surface area contributed by atoms with Crippen LogP contribution in [0.3, 0.4) is 0 Å². The third-order valence-corrected chi connectivity index (χ3v) is 2.71. The third kappa shape index (κ3) is 2.78. The fourth-order valence-electron chi connectivity index (χ4n) is 1.46. The monoisotopic (exact) mass is 262 g/mol. The summed E-state index contributed by atoms with van der Waals surface area (Å²) in [6, 6.07) is 8.47. The number of benzene rings is 1. The Morgan fingerprint density at radius 2 is 2.11 bits per heavy atom. The summed E-state index contributed by atoms with van der Waals surface area (Å²) >= 11 is 5.79. The van der Waals surface area contributed by atoms with Crippen molar-refractivity contribution in [2.45, 2.75) is 6.92 Å². The highest BCUT2D eigenvalue weighted by Crippen LogP contribution is 2.22. The molecule has 0 aliphatic carbocycles. The highest BCUT2D eigenvalue weighted by atomic mass is 35.5. The van der Waals surface area contributed by atoms with Crippen molar-refractivity contribution in [1.29, 1.82) is 0 Å². The van der Waals surface area contributed by atoms with Gasteiger partial charge in [-0.15, -0.1) is 0 Å². The van der Waals surface area contributed by atoms with Crippen LogP contribution >= 0.6 is 11.6 Å². The van der Waals surface area contributed by atoms with Crippen LogP contribution in [-0.4, -0.2) is 16.1 Å². The normalized spacial score (nSPS) is 10.1. The van der Waals surface area contributed by atoms with Crippen molar-refractivity contribution in [2.75, 3.05) is 5.32 Å². The van der Waals surface area contributed by atoms with Crippen LogP contribution in [0.25, 0.3) is 0 Å². The van der Waals surface area contributed by atoms with E-state index in [0.717, 1.165) is 5.56 Å². The third-order valence-electron chi connectivity index (χ3n) is 2.38. The van der Waals surface area contributed by atoms with Crippen LogP contribution in [0.15, 0.2) is 36.5 Å². The maximum Gasteiger partial charge on any atom is 0.337 e. The van der Waals surface area contributed by atoms with Gasteiger partial charge in [0.05, 0.1) is 10.6 Å². The molecule has 2 aromatic rings. The lowest BCUT2D eigenvalue weighted by molar-refractivity contribution is 0.0697. The van der Waals surface area contributed by atoms with Crippen molar-refractivity contribution < 1.29 is 9.90 Å². The standard InChI is InChI=1S/C13H11ClN2O2/c1-8-2-5-12(15-7-8)16-9-3-4-11(14)10(6-9)13(17)18/h2-7H,1H3,(H,15,16)(H,17,18). The Bertz CT molecular complexity index is 582. The summed E-state index contributed by atoms with van der Waals surface area (Å²) in [5.74, 6) is -0.403. The topological polar surface area (TPSA) is 62.2 Å². The first-order valence-electron chi connectivity index (χ1n) is 5.29. The van der Waals surface area contributed by atoms with Crippen LogP contribution in [0.2, 0.25) is 5.02 Å². The van der Waals surface area contributed by atoms with E-state index in [9.17, 15) is 4.79 Å². The van der Waals surface area contributed by atoms with Gasteiger partial charge in [-0.3, -0.25) is 0 Å². The van der Waals surface area contributed by atoms with Gasteiger partial charge in [-0.1, -0.05) is 17.7 Å². The molecular weight excluding hydrogens is 252 g/mol. The zero-order valence-electron chi connectivity index (χ0n) is 9.64. The molecule has 0 saturated heterocycles. The van der Waals surface area contributed by atoms with Crippen molar-refractivity contribution in [3.05, 3.63) is 52.7 Å². The Kier molecular flexibility index (Phi) is 3.48. The SMILES string of the molecule is Cc1ccc(Nc2ccc(Cl)c(C(=O)O)c2)nc1. The Hall–Kier alpha value is -2.07. The Balaban J connectivity index is 2.27. The minimum atomic E-state index is -1.06. The van der Waals surface area contributed by atoms with Gasteiger partial charge in [0, 0.05) is 11.9 Å². The zero-order valence-corrected chi connectivity index (χ0v) is 10.4. The molecular formula is C13H11ClN2O2. The van der Waals surface area contributed by atoms with Gasteiger partial charge in [0.25, 0.3) is 0 Å². The van der Waals surface area contributed by atoms with Gasteiger partial charge in [0.1, 0.15) is 5.82 Å². The van der Waals surface area contributed by atoms with E-state index in [1.165, 1.54) is 6.07 Å². The number of halogens is 1. The van der Waals surface area contributed by atoms with E-state index in [0.29, 0.717) is 11.5 Å². The molecule has 92 valence electrons. The van der Waals surface area contributed by atoms with Crippen LogP contribution < -0.4 is 5.32 Å². The average Bonchev–Trinajstić information content (AvgIpc) is 2.34. The van der Waals surface area contributed by atoms with Crippen LogP contribution in [0.4, 0.5) is 11.5 Å². The highest BCUT2D eigenvalue weighted by Gasteiger charge is 2.09. The van der Waals surface area contributed by atoms with E-state index in [4.69, 9.17) is 16.7 Å². The summed E-state index contributed by atoms with van der Waals surface area (Å²) in [4.78, 5) is 15.1. The van der Waals surface area contributed by atoms with E-state index >= 15 is 0 Å². The lowest BCUT2D eigenvalue weighted by Crippen LogP contribution is -2.00. The van der Waals surface area contributed by atoms with Crippen LogP contribution in [0, 0.1) is 6.92 Å². The van der Waals surface area contributed by atoms with Crippen molar-refractivity contribution >= 4 is 29.1 Å². The molecule has 0 saturated carbocycles. The number of carboxylic acids is 1. The molecule has 0 bridgehead atoms. The summed E-state index contributed by atoms with van der Waals surface area (Å²) in [6.45, 7) is 1.95. The number of carboxylic acid groups (broad SMARTS) is 1. The van der Waals surface area contributed by atoms with Crippen molar-refractivity contribution in [1.82, 2.24) is 4.98 Å². The largest absolute Gasteiger partial charge is 0.478 e. The first-order valence-corrected chi connectivity index (χ1v) is 5.66. The number of aromatic carboxylic acids is 1. The van der Waals surface area contributed by atoms with Gasteiger partial charge in [0.2, 0.25) is 0 Å². The number of nitrogens with zero attached hydrogens (tertiary/aromatic N) is 1. The second-order valence-electron chi connectivity index (χ2n) is 3.85. The first-order chi connectivity index (χ1) is 8.56. The van der Waals surface area contributed by atoms with Crippen molar-refractivity contribution in [2.24, 2.45) is 0 Å². The van der Waals surface area contributed by atoms with Gasteiger partial charge in [-0.2, -0.15) is 0 Å². The molecule has 0 spiro atoms. The zero-order chi connectivity index (χ0) is 13.1. The molecule has 2 rings (SSSR count). The molecule has 0 unspecified atom stereocenters. The van der Waals surface area contributed by atoms with Crippen LogP contribution in [-0.2, 0) is 0 Å². The molecule has 2 N–H and O–H groups in total. The predicted octanol–water partition coefficient (Wildman–Crippen LogP) is 3.49. The van der Waals surface area contributed by atoms with E-state index in [2.05, 4.69) is 10.3 Å². The molecule has 4 nitrogen and oxygen atoms in total. The number of carbonyl (C=O) groups is 1. The maximum atomic E-state index is 10.9. The van der Waals surface area contributed by atoms with Crippen molar-refractivity contribution in [3.8, 4) is 0 Å². The molecule has 1 heterocycles. The molecule has 5 heteroatoms. The van der Waals surface area contributed by atoms with Crippen LogP contribution in [0.5, 0.6) is 0 Å². The summed E-state index contributed by atoms with van der Waals surface area (Å²) in [5.41, 5.74) is 1.75. The highest BCUT2D eigenvalue weighted by molar-refractivity contribution is 6.33. The number of hydrogen-bond acceptors (Lipinski definition) is 3. The Labute approximate surface area is 109 Å². The molecule has 0 amide bonds. The fourth-order valence-corrected chi connectivity index (χ4v) is 1.65. The number of nitrogens with one attached hydrogen (secondary N) is 1. The molecule has 1 aromatic heterocycles. The van der Waals surface area contributed by atoms with Crippen molar-refractivity contribution in [3.63, 3.8) is 0 Å². The molecule has 0 radical (unpaired) electrons. The number of anilines is 2. The van der Waals surface area contributed by atoms with Crippen LogP contribution in [0.1, 0.15) is 15.9 Å². The summed E-state index contributed by atoms with van der Waals surface area (Å²) in [7, 11) is 0. The number of rotatable bonds is 3. The smallest absolute Gasteiger partial charge is 0.337 e. The molecule has 0 aliphatic heterocycles. The summed E-state index contributed by atoms with van der Waals surface area (Å²) < 4.78 is 0. The molecule has 0 fully saturated rings. The van der Waals surface area contributed by atoms with Gasteiger partial charge in [0.15, 0.2) is 0 Å². The minimum Gasteiger partial charge on any atom is -0.478 e. The summed E-state index contributed by atoms with van der Waals surface area (Å²) in [6.07, 6.45) is 1.73. The molecule has 0 atom stereocenters. The molecule has 0 aliphatic rings. The predicted molar refractivity (Wildman–Crippen MR) is 70.7 cm³/mol. The number of aryl methyl sites for hydroxylation is 1. The second kappa shape index (κ2) is 5.06. The number of pyridine rings is 1. The molecule has 1 aromatic carbocycles. The lowest BCUT2D eigenvalue weighted by atomic mass is 10.2. The fraction of sp³-hybridized carbons (Fsp3) is 0.0769. The van der Waals surface area contributed by atoms with E-state index in [-0.39, 0.29) is 10.6 Å². The van der Waals surface area contributed by atoms with Gasteiger partial charge < -0.3 is 10.4 Å². The van der Waals surface area contributed by atoms with E-state index in [1.807, 2.05) is 19.1 Å². The lowest BCUT2D eigenvalue weighted by Gasteiger charge is -2.07.